The van der Waals surface area contributed by atoms with Crippen LogP contribution in [-0.4, -0.2) is 42.3 Å². The number of nitrogens with zero attached hydrogens (tertiary/aromatic N) is 2. The van der Waals surface area contributed by atoms with Gasteiger partial charge in [0.2, 0.25) is 0 Å². The maximum atomic E-state index is 13.1. The summed E-state index contributed by atoms with van der Waals surface area (Å²) in [5.74, 6) is -0.667. The van der Waals surface area contributed by atoms with Crippen LogP contribution in [0.5, 0.6) is 0 Å². The Balaban J connectivity index is 1.51. The van der Waals surface area contributed by atoms with Gasteiger partial charge in [0.25, 0.3) is 11.1 Å². The first-order chi connectivity index (χ1) is 14.0. The molecule has 2 aromatic rings. The number of aryl methyl sites for hydroxylation is 1. The fourth-order valence-corrected chi connectivity index (χ4v) is 4.22. The largest absolute Gasteiger partial charge is 0.378 e. The van der Waals surface area contributed by atoms with Gasteiger partial charge in [0.1, 0.15) is 5.82 Å². The van der Waals surface area contributed by atoms with Gasteiger partial charge in [-0.05, 0) is 65.7 Å². The maximum Gasteiger partial charge on any atom is 0.293 e. The molecule has 0 N–H and O–H groups in total. The van der Waals surface area contributed by atoms with Crippen LogP contribution >= 0.6 is 11.8 Å². The van der Waals surface area contributed by atoms with Crippen molar-refractivity contribution in [1.82, 2.24) is 4.90 Å². The quantitative estimate of drug-likeness (QED) is 0.705. The highest BCUT2D eigenvalue weighted by atomic mass is 32.2. The van der Waals surface area contributed by atoms with Gasteiger partial charge < -0.3 is 9.64 Å². The number of carbonyl (C=O) groups excluding carboxylic acids is 2. The number of rotatable bonds is 4. The molecule has 0 radical (unpaired) electrons. The van der Waals surface area contributed by atoms with E-state index in [0.29, 0.717) is 10.5 Å². The zero-order chi connectivity index (χ0) is 20.4. The number of imide groups is 1. The standard InChI is InChI=1S/C22H21FN2O3S/c1-15-12-19(24-8-10-28-11-9-24)7-4-17(15)13-20-21(26)25(22(27)29-20)14-16-2-5-18(23)6-3-16/h2-7,12-13H,8-11,14H2,1H3/b20-13-. The van der Waals surface area contributed by atoms with Crippen molar-refractivity contribution in [1.29, 1.82) is 0 Å². The lowest BCUT2D eigenvalue weighted by molar-refractivity contribution is -0.123. The molecular weight excluding hydrogens is 391 g/mol. The molecule has 150 valence electrons. The van der Waals surface area contributed by atoms with Crippen LogP contribution in [0, 0.1) is 12.7 Å². The molecule has 0 atom stereocenters. The van der Waals surface area contributed by atoms with Crippen molar-refractivity contribution in [3.8, 4) is 0 Å². The second-order valence-corrected chi connectivity index (χ2v) is 8.03. The number of ether oxygens (including phenoxy) is 1. The molecule has 2 aliphatic heterocycles. The van der Waals surface area contributed by atoms with E-state index in [9.17, 15) is 14.0 Å². The van der Waals surface area contributed by atoms with E-state index in [1.807, 2.05) is 19.1 Å². The van der Waals surface area contributed by atoms with Crippen molar-refractivity contribution in [2.45, 2.75) is 13.5 Å². The minimum Gasteiger partial charge on any atom is -0.378 e. The molecule has 2 heterocycles. The van der Waals surface area contributed by atoms with Crippen LogP contribution in [0.25, 0.3) is 6.08 Å². The number of thioether (sulfide) groups is 1. The molecule has 2 amide bonds. The van der Waals surface area contributed by atoms with E-state index in [-0.39, 0.29) is 23.5 Å². The fraction of sp³-hybridized carbons (Fsp3) is 0.273. The number of amides is 2. The molecule has 0 aromatic heterocycles. The van der Waals surface area contributed by atoms with E-state index < -0.39 is 0 Å². The monoisotopic (exact) mass is 412 g/mol. The maximum absolute atomic E-state index is 13.1. The normalized spacial score (nSPS) is 18.8. The Hall–Kier alpha value is -2.64. The topological polar surface area (TPSA) is 49.9 Å². The van der Waals surface area contributed by atoms with Crippen LogP contribution in [0.3, 0.4) is 0 Å². The summed E-state index contributed by atoms with van der Waals surface area (Å²) in [5.41, 5.74) is 3.79. The number of morpholine rings is 1. The Morgan fingerprint density at radius 2 is 1.83 bits per heavy atom. The lowest BCUT2D eigenvalue weighted by Crippen LogP contribution is -2.36. The molecule has 2 fully saturated rings. The molecule has 0 saturated carbocycles. The van der Waals surface area contributed by atoms with E-state index >= 15 is 0 Å². The minimum absolute atomic E-state index is 0.136. The van der Waals surface area contributed by atoms with Gasteiger partial charge in [0.15, 0.2) is 0 Å². The summed E-state index contributed by atoms with van der Waals surface area (Å²) in [6.45, 7) is 5.31. The van der Waals surface area contributed by atoms with E-state index in [2.05, 4.69) is 11.0 Å². The number of hydrogen-bond acceptors (Lipinski definition) is 5. The highest BCUT2D eigenvalue weighted by Crippen LogP contribution is 2.34. The summed E-state index contributed by atoms with van der Waals surface area (Å²) >= 11 is 0.938. The number of anilines is 1. The molecule has 2 aliphatic rings. The summed E-state index contributed by atoms with van der Waals surface area (Å²) in [6, 6.07) is 11.9. The molecule has 0 aliphatic carbocycles. The van der Waals surface area contributed by atoms with Crippen molar-refractivity contribution in [2.24, 2.45) is 0 Å². The van der Waals surface area contributed by atoms with Crippen LogP contribution in [0.15, 0.2) is 47.4 Å². The van der Waals surface area contributed by atoms with Crippen LogP contribution < -0.4 is 4.90 Å². The van der Waals surface area contributed by atoms with Crippen LogP contribution in [0.2, 0.25) is 0 Å². The van der Waals surface area contributed by atoms with E-state index in [1.54, 1.807) is 18.2 Å². The average Bonchev–Trinajstić information content (AvgIpc) is 2.99. The lowest BCUT2D eigenvalue weighted by Gasteiger charge is -2.29. The molecule has 4 rings (SSSR count). The average molecular weight is 412 g/mol. The Labute approximate surface area is 173 Å². The van der Waals surface area contributed by atoms with Gasteiger partial charge in [-0.2, -0.15) is 0 Å². The molecule has 5 nitrogen and oxygen atoms in total. The van der Waals surface area contributed by atoms with Crippen LogP contribution in [0.4, 0.5) is 14.9 Å². The molecule has 0 unspecified atom stereocenters. The predicted octanol–water partition coefficient (Wildman–Crippen LogP) is 4.21. The molecular formula is C22H21FN2O3S. The third kappa shape index (κ3) is 4.36. The first-order valence-corrected chi connectivity index (χ1v) is 10.3. The van der Waals surface area contributed by atoms with Crippen molar-refractivity contribution in [3.05, 3.63) is 69.9 Å². The number of benzene rings is 2. The SMILES string of the molecule is Cc1cc(N2CCOCC2)ccc1/C=C1\SC(=O)N(Cc2ccc(F)cc2)C1=O. The second kappa shape index (κ2) is 8.39. The summed E-state index contributed by atoms with van der Waals surface area (Å²) in [7, 11) is 0. The van der Waals surface area contributed by atoms with Crippen LogP contribution in [-0.2, 0) is 16.1 Å². The zero-order valence-corrected chi connectivity index (χ0v) is 16.9. The zero-order valence-electron chi connectivity index (χ0n) is 16.1. The smallest absolute Gasteiger partial charge is 0.293 e. The number of halogens is 1. The van der Waals surface area contributed by atoms with Gasteiger partial charge in [-0.1, -0.05) is 18.2 Å². The van der Waals surface area contributed by atoms with E-state index in [0.717, 1.165) is 54.9 Å². The highest BCUT2D eigenvalue weighted by molar-refractivity contribution is 8.18. The number of hydrogen-bond donors (Lipinski definition) is 0. The van der Waals surface area contributed by atoms with Crippen molar-refractivity contribution in [2.75, 3.05) is 31.2 Å². The molecule has 0 bridgehead atoms. The number of carbonyl (C=O) groups is 2. The Kier molecular flexibility index (Phi) is 5.69. The predicted molar refractivity (Wildman–Crippen MR) is 112 cm³/mol. The van der Waals surface area contributed by atoms with Gasteiger partial charge in [-0.3, -0.25) is 14.5 Å². The molecule has 29 heavy (non-hydrogen) atoms. The summed E-state index contributed by atoms with van der Waals surface area (Å²) in [6.07, 6.45) is 1.77. The molecule has 2 saturated heterocycles. The Morgan fingerprint density at radius 3 is 2.52 bits per heavy atom. The van der Waals surface area contributed by atoms with Crippen molar-refractivity contribution >= 4 is 34.7 Å². The van der Waals surface area contributed by atoms with Crippen molar-refractivity contribution < 1.29 is 18.7 Å². The fourth-order valence-electron chi connectivity index (χ4n) is 3.39. The molecule has 2 aromatic carbocycles. The van der Waals surface area contributed by atoms with Gasteiger partial charge >= 0.3 is 0 Å². The summed E-state index contributed by atoms with van der Waals surface area (Å²) in [5, 5.41) is -0.312. The third-order valence-electron chi connectivity index (χ3n) is 5.04. The van der Waals surface area contributed by atoms with Crippen LogP contribution in [0.1, 0.15) is 16.7 Å². The Bertz CT molecular complexity index is 969. The summed E-state index contributed by atoms with van der Waals surface area (Å²) < 4.78 is 18.5. The summed E-state index contributed by atoms with van der Waals surface area (Å²) in [4.78, 5) is 28.9. The molecule has 7 heteroatoms. The van der Waals surface area contributed by atoms with Gasteiger partial charge in [0, 0.05) is 18.8 Å². The van der Waals surface area contributed by atoms with Gasteiger partial charge in [-0.15, -0.1) is 0 Å². The first kappa shape index (κ1) is 19.7. The van der Waals surface area contributed by atoms with E-state index in [1.165, 1.54) is 17.0 Å². The van der Waals surface area contributed by atoms with Gasteiger partial charge in [0.05, 0.1) is 24.7 Å². The lowest BCUT2D eigenvalue weighted by atomic mass is 10.1. The van der Waals surface area contributed by atoms with E-state index in [4.69, 9.17) is 4.74 Å². The minimum atomic E-state index is -0.348. The second-order valence-electron chi connectivity index (χ2n) is 7.03. The first-order valence-electron chi connectivity index (χ1n) is 9.44. The van der Waals surface area contributed by atoms with Crippen molar-refractivity contribution in [3.63, 3.8) is 0 Å². The van der Waals surface area contributed by atoms with Gasteiger partial charge in [-0.25, -0.2) is 4.39 Å². The highest BCUT2D eigenvalue weighted by Gasteiger charge is 2.35. The molecule has 0 spiro atoms. The third-order valence-corrected chi connectivity index (χ3v) is 5.95. The Morgan fingerprint density at radius 1 is 1.10 bits per heavy atom.